The van der Waals surface area contributed by atoms with Gasteiger partial charge in [-0.2, -0.15) is 0 Å². The molecule has 0 radical (unpaired) electrons. The van der Waals surface area contributed by atoms with Gasteiger partial charge in [0.15, 0.2) is 0 Å². The van der Waals surface area contributed by atoms with Gasteiger partial charge >= 0.3 is 6.09 Å². The summed E-state index contributed by atoms with van der Waals surface area (Å²) in [5, 5.41) is 6.07. The largest absolute Gasteiger partial charge is 0.450 e. The molecule has 158 valence electrons. The van der Waals surface area contributed by atoms with Crippen molar-refractivity contribution in [3.8, 4) is 0 Å². The summed E-state index contributed by atoms with van der Waals surface area (Å²) in [4.78, 5) is 24.7. The van der Waals surface area contributed by atoms with Crippen molar-refractivity contribution in [1.29, 1.82) is 0 Å². The van der Waals surface area contributed by atoms with E-state index in [1.807, 2.05) is 24.3 Å². The summed E-state index contributed by atoms with van der Waals surface area (Å²) in [6.07, 6.45) is 2.65. The minimum absolute atomic E-state index is 0.0133. The highest BCUT2D eigenvalue weighted by molar-refractivity contribution is 6.76. The first kappa shape index (κ1) is 20.7. The number of anilines is 1. The van der Waals surface area contributed by atoms with E-state index in [2.05, 4.69) is 42.4 Å². The standard InChI is InChI=1S/C24H30N2O3Si/c1-30(2,3)14-13-29-23(28)26-21-16-24(21)12-11-17-9-10-19(15-20(17)24)25-22(27)18-7-5-4-6-8-18/h4-10,15,21H,11-14,16H2,1-3H3,(H,25,27)(H,26,28)/t21-,24-/m1/s1. The molecule has 4 rings (SSSR count). The highest BCUT2D eigenvalue weighted by Gasteiger charge is 2.59. The zero-order chi connectivity index (χ0) is 21.4. The summed E-state index contributed by atoms with van der Waals surface area (Å²) in [6.45, 7) is 7.31. The van der Waals surface area contributed by atoms with Crippen LogP contribution in [0.3, 0.4) is 0 Å². The SMILES string of the molecule is C[Si](C)(C)CCOC(=O)N[C@@H]1C[C@@]12CCc1ccc(NC(=O)c3ccccc3)cc12. The maximum atomic E-state index is 12.5. The van der Waals surface area contributed by atoms with Gasteiger partial charge in [-0.05, 0) is 60.7 Å². The molecule has 2 atom stereocenters. The Bertz CT molecular complexity index is 955. The molecule has 2 aliphatic rings. The van der Waals surface area contributed by atoms with Crippen LogP contribution in [-0.4, -0.2) is 32.7 Å². The maximum Gasteiger partial charge on any atom is 0.407 e. The molecule has 0 bridgehead atoms. The van der Waals surface area contributed by atoms with E-state index < -0.39 is 8.07 Å². The van der Waals surface area contributed by atoms with E-state index in [9.17, 15) is 9.59 Å². The van der Waals surface area contributed by atoms with E-state index in [1.165, 1.54) is 11.1 Å². The summed E-state index contributed by atoms with van der Waals surface area (Å²) in [5.41, 5.74) is 3.98. The first-order valence-corrected chi connectivity index (χ1v) is 14.4. The second-order valence-electron chi connectivity index (χ2n) is 9.70. The van der Waals surface area contributed by atoms with Crippen molar-refractivity contribution in [2.75, 3.05) is 11.9 Å². The van der Waals surface area contributed by atoms with Gasteiger partial charge in [0.25, 0.3) is 5.91 Å². The van der Waals surface area contributed by atoms with Crippen molar-refractivity contribution in [3.05, 3.63) is 65.2 Å². The number of carbonyl (C=O) groups excluding carboxylic acids is 2. The molecule has 0 heterocycles. The zero-order valence-corrected chi connectivity index (χ0v) is 19.0. The van der Waals surface area contributed by atoms with Gasteiger partial charge in [-0.15, -0.1) is 0 Å². The predicted molar refractivity (Wildman–Crippen MR) is 122 cm³/mol. The molecule has 0 unspecified atom stereocenters. The van der Waals surface area contributed by atoms with Crippen LogP contribution < -0.4 is 10.6 Å². The Hall–Kier alpha value is -2.60. The van der Waals surface area contributed by atoms with E-state index in [4.69, 9.17) is 4.74 Å². The summed E-state index contributed by atoms with van der Waals surface area (Å²) in [7, 11) is -1.21. The number of fused-ring (bicyclic) bond motifs is 2. The molecular formula is C24H30N2O3Si. The lowest BCUT2D eigenvalue weighted by Crippen LogP contribution is -2.32. The Kier molecular flexibility index (Phi) is 5.45. The predicted octanol–water partition coefficient (Wildman–Crippen LogP) is 4.96. The lowest BCUT2D eigenvalue weighted by molar-refractivity contribution is 0.102. The minimum Gasteiger partial charge on any atom is -0.450 e. The number of nitrogens with one attached hydrogen (secondary N) is 2. The first-order chi connectivity index (χ1) is 14.3. The van der Waals surface area contributed by atoms with Gasteiger partial charge in [0.05, 0.1) is 6.61 Å². The van der Waals surface area contributed by atoms with Gasteiger partial charge in [-0.25, -0.2) is 4.79 Å². The van der Waals surface area contributed by atoms with Crippen LogP contribution in [0.25, 0.3) is 0 Å². The third kappa shape index (κ3) is 4.43. The molecule has 1 spiro atoms. The number of aryl methyl sites for hydroxylation is 1. The van der Waals surface area contributed by atoms with Crippen LogP contribution in [0.5, 0.6) is 0 Å². The van der Waals surface area contributed by atoms with Crippen molar-refractivity contribution >= 4 is 25.8 Å². The average Bonchev–Trinajstić information content (AvgIpc) is 3.26. The van der Waals surface area contributed by atoms with Crippen LogP contribution in [0, 0.1) is 0 Å². The highest BCUT2D eigenvalue weighted by atomic mass is 28.3. The molecule has 2 aromatic rings. The quantitative estimate of drug-likeness (QED) is 0.647. The summed E-state index contributed by atoms with van der Waals surface area (Å²) in [6, 6.07) is 16.5. The molecule has 6 heteroatoms. The molecule has 0 saturated heterocycles. The van der Waals surface area contributed by atoms with E-state index >= 15 is 0 Å². The molecule has 5 nitrogen and oxygen atoms in total. The van der Waals surface area contributed by atoms with E-state index in [-0.39, 0.29) is 23.5 Å². The molecule has 0 aromatic heterocycles. The Labute approximate surface area is 179 Å². The van der Waals surface area contributed by atoms with Gasteiger partial charge in [0.2, 0.25) is 0 Å². The highest BCUT2D eigenvalue weighted by Crippen LogP contribution is 2.57. The number of hydrogen-bond acceptors (Lipinski definition) is 3. The Morgan fingerprint density at radius 3 is 2.63 bits per heavy atom. The van der Waals surface area contributed by atoms with Crippen molar-refractivity contribution in [1.82, 2.24) is 5.32 Å². The molecule has 2 amide bonds. The fraction of sp³-hybridized carbons (Fsp3) is 0.417. The van der Waals surface area contributed by atoms with E-state index in [0.717, 1.165) is 31.0 Å². The van der Waals surface area contributed by atoms with Gasteiger partial charge in [-0.1, -0.05) is 43.9 Å². The third-order valence-corrected chi connectivity index (χ3v) is 7.94. The Balaban J connectivity index is 1.39. The van der Waals surface area contributed by atoms with E-state index in [0.29, 0.717) is 12.2 Å². The lowest BCUT2D eigenvalue weighted by atomic mass is 9.97. The number of carbonyl (C=O) groups is 2. The molecular weight excluding hydrogens is 392 g/mol. The van der Waals surface area contributed by atoms with Crippen LogP contribution in [0.1, 0.15) is 34.3 Å². The number of benzene rings is 2. The second kappa shape index (κ2) is 7.91. The maximum absolute atomic E-state index is 12.5. The fourth-order valence-corrected chi connectivity index (χ4v) is 5.04. The van der Waals surface area contributed by atoms with Gasteiger partial charge < -0.3 is 15.4 Å². The van der Waals surface area contributed by atoms with Crippen LogP contribution in [0.4, 0.5) is 10.5 Å². The monoisotopic (exact) mass is 422 g/mol. The molecule has 2 N–H and O–H groups in total. The summed E-state index contributed by atoms with van der Waals surface area (Å²) < 4.78 is 5.41. The van der Waals surface area contributed by atoms with Crippen molar-refractivity contribution in [2.24, 2.45) is 0 Å². The summed E-state index contributed by atoms with van der Waals surface area (Å²) in [5.74, 6) is -0.112. The van der Waals surface area contributed by atoms with Crippen molar-refractivity contribution < 1.29 is 14.3 Å². The van der Waals surface area contributed by atoms with Crippen LogP contribution in [-0.2, 0) is 16.6 Å². The van der Waals surface area contributed by atoms with Gasteiger partial charge in [-0.3, -0.25) is 4.79 Å². The average molecular weight is 423 g/mol. The van der Waals surface area contributed by atoms with Crippen molar-refractivity contribution in [2.45, 2.75) is 56.4 Å². The van der Waals surface area contributed by atoms with Crippen LogP contribution in [0.2, 0.25) is 25.7 Å². The number of ether oxygens (including phenoxy) is 1. The molecule has 1 fully saturated rings. The Morgan fingerprint density at radius 1 is 1.13 bits per heavy atom. The van der Waals surface area contributed by atoms with Crippen molar-refractivity contribution in [3.63, 3.8) is 0 Å². The number of rotatable bonds is 6. The normalized spacial score (nSPS) is 21.8. The number of amides is 2. The third-order valence-electron chi connectivity index (χ3n) is 6.23. The Morgan fingerprint density at radius 2 is 1.90 bits per heavy atom. The summed E-state index contributed by atoms with van der Waals surface area (Å²) >= 11 is 0. The van der Waals surface area contributed by atoms with Crippen LogP contribution in [0.15, 0.2) is 48.5 Å². The van der Waals surface area contributed by atoms with E-state index in [1.54, 1.807) is 12.1 Å². The first-order valence-electron chi connectivity index (χ1n) is 10.7. The minimum atomic E-state index is -1.21. The molecule has 30 heavy (non-hydrogen) atoms. The molecule has 0 aliphatic heterocycles. The molecule has 2 aliphatic carbocycles. The van der Waals surface area contributed by atoms with Crippen LogP contribution >= 0.6 is 0 Å². The van der Waals surface area contributed by atoms with Gasteiger partial charge in [0.1, 0.15) is 0 Å². The number of alkyl carbamates (subject to hydrolysis) is 1. The number of hydrogen-bond donors (Lipinski definition) is 2. The smallest absolute Gasteiger partial charge is 0.407 e. The molecule has 1 saturated carbocycles. The zero-order valence-electron chi connectivity index (χ0n) is 18.0. The fourth-order valence-electron chi connectivity index (χ4n) is 4.32. The second-order valence-corrected chi connectivity index (χ2v) is 15.3. The molecule has 2 aromatic carbocycles. The van der Waals surface area contributed by atoms with Gasteiger partial charge in [0, 0.05) is 30.8 Å². The lowest BCUT2D eigenvalue weighted by Gasteiger charge is -2.17. The topological polar surface area (TPSA) is 67.4 Å².